The number of hydrogen-bond acceptors (Lipinski definition) is 3. The molecular weight excluding hydrogens is 360 g/mol. The fourth-order valence-electron chi connectivity index (χ4n) is 3.53. The summed E-state index contributed by atoms with van der Waals surface area (Å²) in [7, 11) is 0. The third-order valence-corrected chi connectivity index (χ3v) is 5.00. The summed E-state index contributed by atoms with van der Waals surface area (Å²) in [6, 6.07) is 20.4. The molecule has 0 spiro atoms. The second-order valence-electron chi connectivity index (χ2n) is 7.35. The van der Waals surface area contributed by atoms with Gasteiger partial charge < -0.3 is 5.32 Å². The Morgan fingerprint density at radius 2 is 1.66 bits per heavy atom. The molecule has 0 aliphatic heterocycles. The number of nitrogens with zero attached hydrogens (tertiary/aromatic N) is 3. The van der Waals surface area contributed by atoms with Crippen LogP contribution in [0.1, 0.15) is 36.7 Å². The second-order valence-corrected chi connectivity index (χ2v) is 7.35. The van der Waals surface area contributed by atoms with E-state index in [1.807, 2.05) is 54.9 Å². The normalized spacial score (nSPS) is 11.0. The molecule has 0 saturated heterocycles. The monoisotopic (exact) mass is 390 g/mol. The summed E-state index contributed by atoms with van der Waals surface area (Å²) in [6.07, 6.45) is 1.53. The van der Waals surface area contributed by atoms with Crippen LogP contribution < -0.4 is 5.32 Å². The maximum Gasteiger partial charge on any atom is 0.225 e. The Bertz CT molecular complexity index is 919. The minimum absolute atomic E-state index is 0.0259. The Labute approximate surface area is 173 Å². The predicted octanol–water partition coefficient (Wildman–Crippen LogP) is 4.73. The molecule has 1 aromatic heterocycles. The van der Waals surface area contributed by atoms with Gasteiger partial charge in [0.1, 0.15) is 0 Å². The molecule has 1 amide bonds. The van der Waals surface area contributed by atoms with Gasteiger partial charge >= 0.3 is 0 Å². The van der Waals surface area contributed by atoms with Gasteiger partial charge in [0.25, 0.3) is 0 Å². The van der Waals surface area contributed by atoms with Gasteiger partial charge in [0.05, 0.1) is 22.8 Å². The van der Waals surface area contributed by atoms with Gasteiger partial charge in [-0.15, -0.1) is 0 Å². The first kappa shape index (κ1) is 20.8. The Balaban J connectivity index is 1.62. The predicted molar refractivity (Wildman–Crippen MR) is 118 cm³/mol. The zero-order valence-electron chi connectivity index (χ0n) is 17.6. The first-order chi connectivity index (χ1) is 14.1. The van der Waals surface area contributed by atoms with Crippen LogP contribution in [0.2, 0.25) is 0 Å². The van der Waals surface area contributed by atoms with Crippen LogP contribution in [0.25, 0.3) is 5.69 Å². The lowest BCUT2D eigenvalue weighted by Gasteiger charge is -2.21. The molecule has 3 aromatic rings. The molecule has 0 radical (unpaired) electrons. The lowest BCUT2D eigenvalue weighted by molar-refractivity contribution is -0.116. The lowest BCUT2D eigenvalue weighted by atomic mass is 10.2. The summed E-state index contributed by atoms with van der Waals surface area (Å²) in [4.78, 5) is 15.0. The molecule has 1 heterocycles. The summed E-state index contributed by atoms with van der Waals surface area (Å²) >= 11 is 0. The van der Waals surface area contributed by atoms with Crippen LogP contribution >= 0.6 is 0 Å². The number of para-hydroxylation sites is 1. The highest BCUT2D eigenvalue weighted by Gasteiger charge is 2.16. The van der Waals surface area contributed by atoms with Crippen LogP contribution in [0.4, 0.5) is 5.69 Å². The average molecular weight is 391 g/mol. The number of carbonyl (C=O) groups excluding carboxylic acids is 1. The van der Waals surface area contributed by atoms with Crippen molar-refractivity contribution >= 4 is 11.6 Å². The third-order valence-electron chi connectivity index (χ3n) is 5.00. The van der Waals surface area contributed by atoms with Crippen LogP contribution in [0.5, 0.6) is 0 Å². The van der Waals surface area contributed by atoms with Gasteiger partial charge in [-0.25, -0.2) is 4.68 Å². The maximum absolute atomic E-state index is 12.6. The molecule has 29 heavy (non-hydrogen) atoms. The van der Waals surface area contributed by atoms with E-state index < -0.39 is 0 Å². The van der Waals surface area contributed by atoms with E-state index in [9.17, 15) is 4.79 Å². The standard InChI is InChI=1S/C24H30N4O/c1-4-16-27(18-21-11-7-5-8-12-21)17-15-23(29)25-24-19(2)26-28(20(24)3)22-13-9-6-10-14-22/h5-14H,4,15-18H2,1-3H3,(H,25,29). The van der Waals surface area contributed by atoms with E-state index in [1.54, 1.807) is 0 Å². The second kappa shape index (κ2) is 10.0. The minimum atomic E-state index is 0.0259. The Morgan fingerprint density at radius 1 is 1.00 bits per heavy atom. The SMILES string of the molecule is CCCN(CCC(=O)Nc1c(C)nn(-c2ccccc2)c1C)Cc1ccccc1. The van der Waals surface area contributed by atoms with Crippen LogP contribution in [-0.2, 0) is 11.3 Å². The smallest absolute Gasteiger partial charge is 0.225 e. The van der Waals surface area contributed by atoms with Gasteiger partial charge in [-0.05, 0) is 44.5 Å². The number of benzene rings is 2. The highest BCUT2D eigenvalue weighted by molar-refractivity contribution is 5.92. The molecule has 0 atom stereocenters. The molecule has 5 heteroatoms. The van der Waals surface area contributed by atoms with E-state index in [2.05, 4.69) is 46.5 Å². The topological polar surface area (TPSA) is 50.2 Å². The van der Waals surface area contributed by atoms with Crippen molar-refractivity contribution in [1.82, 2.24) is 14.7 Å². The molecule has 3 rings (SSSR count). The maximum atomic E-state index is 12.6. The van der Waals surface area contributed by atoms with Gasteiger partial charge in [-0.2, -0.15) is 5.10 Å². The lowest BCUT2D eigenvalue weighted by Crippen LogP contribution is -2.28. The van der Waals surface area contributed by atoms with Crippen LogP contribution in [0, 0.1) is 13.8 Å². The molecule has 0 unspecified atom stereocenters. The number of carbonyl (C=O) groups is 1. The molecule has 0 aliphatic carbocycles. The van der Waals surface area contributed by atoms with Crippen LogP contribution in [-0.4, -0.2) is 33.7 Å². The van der Waals surface area contributed by atoms with Gasteiger partial charge in [0.15, 0.2) is 0 Å². The van der Waals surface area contributed by atoms with E-state index >= 15 is 0 Å². The van der Waals surface area contributed by atoms with Gasteiger partial charge in [0.2, 0.25) is 5.91 Å². The molecule has 152 valence electrons. The molecule has 0 fully saturated rings. The summed E-state index contributed by atoms with van der Waals surface area (Å²) < 4.78 is 1.88. The third kappa shape index (κ3) is 5.55. The first-order valence-corrected chi connectivity index (χ1v) is 10.3. The van der Waals surface area contributed by atoms with Crippen molar-refractivity contribution in [3.8, 4) is 5.69 Å². The van der Waals surface area contributed by atoms with E-state index in [4.69, 9.17) is 0 Å². The van der Waals surface area contributed by atoms with E-state index in [0.717, 1.165) is 48.8 Å². The van der Waals surface area contributed by atoms with Crippen molar-refractivity contribution in [2.24, 2.45) is 0 Å². The number of aryl methyl sites for hydroxylation is 1. The van der Waals surface area contributed by atoms with Crippen molar-refractivity contribution < 1.29 is 4.79 Å². The summed E-state index contributed by atoms with van der Waals surface area (Å²) in [5, 5.41) is 7.69. The molecule has 0 saturated carbocycles. The Morgan fingerprint density at radius 3 is 2.31 bits per heavy atom. The van der Waals surface area contributed by atoms with E-state index in [-0.39, 0.29) is 5.91 Å². The highest BCUT2D eigenvalue weighted by atomic mass is 16.1. The zero-order valence-corrected chi connectivity index (χ0v) is 17.6. The summed E-state index contributed by atoms with van der Waals surface area (Å²) in [5.74, 6) is 0.0259. The van der Waals surface area contributed by atoms with E-state index in [0.29, 0.717) is 6.42 Å². The quantitative estimate of drug-likeness (QED) is 0.575. The summed E-state index contributed by atoms with van der Waals surface area (Å²) in [6.45, 7) is 8.67. The number of hydrogen-bond donors (Lipinski definition) is 1. The Kier molecular flexibility index (Phi) is 7.19. The summed E-state index contributed by atoms with van der Waals surface area (Å²) in [5.41, 5.74) is 4.85. The Hall–Kier alpha value is -2.92. The fourth-order valence-corrected chi connectivity index (χ4v) is 3.53. The fraction of sp³-hybridized carbons (Fsp3) is 0.333. The average Bonchev–Trinajstić information content (AvgIpc) is 3.02. The molecule has 0 bridgehead atoms. The minimum Gasteiger partial charge on any atom is -0.323 e. The molecule has 1 N–H and O–H groups in total. The number of rotatable bonds is 9. The van der Waals surface area contributed by atoms with Crippen LogP contribution in [0.3, 0.4) is 0 Å². The number of nitrogens with one attached hydrogen (secondary N) is 1. The molecular formula is C24H30N4O. The molecule has 5 nitrogen and oxygen atoms in total. The largest absolute Gasteiger partial charge is 0.323 e. The number of anilines is 1. The number of amides is 1. The van der Waals surface area contributed by atoms with Crippen LogP contribution in [0.15, 0.2) is 60.7 Å². The molecule has 0 aliphatic rings. The number of aromatic nitrogens is 2. The molecule has 2 aromatic carbocycles. The van der Waals surface area contributed by atoms with Gasteiger partial charge in [0, 0.05) is 19.5 Å². The van der Waals surface area contributed by atoms with E-state index in [1.165, 1.54) is 5.56 Å². The van der Waals surface area contributed by atoms with Crippen molar-refractivity contribution in [3.05, 3.63) is 77.6 Å². The highest BCUT2D eigenvalue weighted by Crippen LogP contribution is 2.23. The van der Waals surface area contributed by atoms with Gasteiger partial charge in [-0.1, -0.05) is 55.5 Å². The van der Waals surface area contributed by atoms with Crippen molar-refractivity contribution in [1.29, 1.82) is 0 Å². The van der Waals surface area contributed by atoms with Gasteiger partial charge in [-0.3, -0.25) is 9.69 Å². The first-order valence-electron chi connectivity index (χ1n) is 10.3. The van der Waals surface area contributed by atoms with Crippen molar-refractivity contribution in [3.63, 3.8) is 0 Å². The zero-order chi connectivity index (χ0) is 20.6. The van der Waals surface area contributed by atoms with Crippen molar-refractivity contribution in [2.45, 2.75) is 40.2 Å². The van der Waals surface area contributed by atoms with Crippen molar-refractivity contribution in [2.75, 3.05) is 18.4 Å².